The Morgan fingerprint density at radius 2 is 1.10 bits per heavy atom. The van der Waals surface area contributed by atoms with Crippen LogP contribution in [0.5, 0.6) is 0 Å². The average molecular weight is 848 g/mol. The molecule has 0 amide bonds. The molecule has 0 aromatic carbocycles. The monoisotopic (exact) mass is 846 g/mol. The largest absolute Gasteiger partial charge is 0.472 e. The predicted octanol–water partition coefficient (Wildman–Crippen LogP) is -1.52. The molecule has 0 spiro atoms. The van der Waals surface area contributed by atoms with E-state index in [1.807, 2.05) is 0 Å². The number of aromatic amines is 2. The van der Waals surface area contributed by atoms with Crippen LogP contribution in [0.1, 0.15) is 12.5 Å². The van der Waals surface area contributed by atoms with Gasteiger partial charge in [-0.15, -0.1) is 0 Å². The quantitative estimate of drug-likeness (QED) is 0.0838. The third kappa shape index (κ3) is 5.83. The van der Waals surface area contributed by atoms with Crippen molar-refractivity contribution in [1.82, 2.24) is 39.0 Å². The predicted molar refractivity (Wildman–Crippen MR) is 162 cm³/mol. The number of halogens is 2. The van der Waals surface area contributed by atoms with Crippen LogP contribution in [-0.2, 0) is 36.7 Å². The van der Waals surface area contributed by atoms with E-state index in [2.05, 4.69) is 61.8 Å². The number of imidazole rings is 2. The van der Waals surface area contributed by atoms with Crippen LogP contribution in [0.4, 0.5) is 11.9 Å². The van der Waals surface area contributed by atoms with Crippen molar-refractivity contribution < 1.29 is 56.7 Å². The summed E-state index contributed by atoms with van der Waals surface area (Å²) >= 11 is 6.29. The Labute approximate surface area is 280 Å². The highest BCUT2D eigenvalue weighted by Crippen LogP contribution is 2.54. The zero-order chi connectivity index (χ0) is 34.4. The van der Waals surface area contributed by atoms with Crippen LogP contribution >= 0.6 is 47.5 Å². The molecule has 10 atom stereocenters. The second kappa shape index (κ2) is 12.0. The minimum Gasteiger partial charge on any atom is -0.386 e. The number of rotatable bonds is 2. The molecule has 7 heterocycles. The lowest BCUT2D eigenvalue weighted by Gasteiger charge is -2.27. The lowest BCUT2D eigenvalue weighted by molar-refractivity contribution is -0.0669. The molecule has 0 saturated carbocycles. The molecule has 7 rings (SSSR count). The number of nitrogens with zero attached hydrogens (tertiary/aromatic N) is 6. The number of nitrogen functional groups attached to an aromatic ring is 2. The van der Waals surface area contributed by atoms with Crippen molar-refractivity contribution >= 4 is 81.7 Å². The van der Waals surface area contributed by atoms with E-state index in [-0.39, 0.29) is 43.7 Å². The van der Waals surface area contributed by atoms with Crippen molar-refractivity contribution in [3.63, 3.8) is 0 Å². The first-order valence-electron chi connectivity index (χ1n) is 13.4. The van der Waals surface area contributed by atoms with Gasteiger partial charge in [-0.3, -0.25) is 46.8 Å². The number of nitrogens with one attached hydrogen (secondary N) is 2. The van der Waals surface area contributed by atoms with Gasteiger partial charge in [0.05, 0.1) is 13.2 Å². The van der Waals surface area contributed by atoms with Gasteiger partial charge < -0.3 is 40.9 Å². The van der Waals surface area contributed by atoms with Crippen LogP contribution in [0, 0.1) is 0 Å². The summed E-state index contributed by atoms with van der Waals surface area (Å²) in [5, 5.41) is 22.5. The summed E-state index contributed by atoms with van der Waals surface area (Å²) in [6.07, 6.45) is -13.4. The van der Waals surface area contributed by atoms with E-state index in [0.717, 1.165) is 9.13 Å². The third-order valence-corrected chi connectivity index (χ3v) is 10.6. The zero-order valence-corrected chi connectivity index (χ0v) is 28.4. The molecule has 3 aliphatic rings. The molecule has 0 bridgehead atoms. The molecule has 4 aromatic rings. The average Bonchev–Trinajstić information content (AvgIpc) is 3.67. The molecular weight excluding hydrogens is 826 g/mol. The maximum Gasteiger partial charge on any atom is 0.472 e. The Hall–Kier alpha value is -2.68. The molecule has 10 N–H and O–H groups in total. The Kier molecular flexibility index (Phi) is 8.44. The Morgan fingerprint density at radius 1 is 0.729 bits per heavy atom. The normalized spacial score (nSPS) is 36.1. The number of fused-ring (bicyclic) bond motifs is 4. The van der Waals surface area contributed by atoms with E-state index < -0.39 is 89.1 Å². The molecule has 28 heteroatoms. The second-order valence-corrected chi connectivity index (χ2v) is 14.8. The van der Waals surface area contributed by atoms with Gasteiger partial charge in [-0.2, -0.15) is 9.97 Å². The molecule has 4 aromatic heterocycles. The lowest BCUT2D eigenvalue weighted by Crippen LogP contribution is -2.39. The van der Waals surface area contributed by atoms with Gasteiger partial charge in [-0.05, 0) is 31.9 Å². The number of aliphatic hydroxyl groups excluding tert-OH is 2. The topological polar surface area (TPSA) is 350 Å². The molecule has 48 heavy (non-hydrogen) atoms. The molecule has 24 nitrogen and oxygen atoms in total. The van der Waals surface area contributed by atoms with Crippen LogP contribution in [0.15, 0.2) is 19.1 Å². The summed E-state index contributed by atoms with van der Waals surface area (Å²) in [4.78, 5) is 66.7. The van der Waals surface area contributed by atoms with Crippen molar-refractivity contribution in [2.75, 3.05) is 24.7 Å². The maximum atomic E-state index is 13.2. The smallest absolute Gasteiger partial charge is 0.386 e. The van der Waals surface area contributed by atoms with Crippen LogP contribution in [0.2, 0.25) is 0 Å². The first kappa shape index (κ1) is 33.8. The highest BCUT2D eigenvalue weighted by Gasteiger charge is 2.54. The number of nitrogens with two attached hydrogens (primary N) is 2. The fraction of sp³-hybridized carbons (Fsp3) is 0.500. The molecule has 3 saturated heterocycles. The van der Waals surface area contributed by atoms with Crippen molar-refractivity contribution in [3.8, 4) is 0 Å². The molecule has 0 radical (unpaired) electrons. The fourth-order valence-corrected chi connectivity index (χ4v) is 8.52. The minimum atomic E-state index is -5.14. The number of phosphoric acid groups is 2. The van der Waals surface area contributed by atoms with Crippen molar-refractivity contribution in [1.29, 1.82) is 0 Å². The summed E-state index contributed by atoms with van der Waals surface area (Å²) in [5.74, 6) is -0.600. The molecule has 0 aliphatic carbocycles. The van der Waals surface area contributed by atoms with E-state index in [0.29, 0.717) is 0 Å². The van der Waals surface area contributed by atoms with Gasteiger partial charge in [0.25, 0.3) is 11.1 Å². The summed E-state index contributed by atoms with van der Waals surface area (Å²) in [7, 11) is -10.3. The van der Waals surface area contributed by atoms with E-state index in [4.69, 9.17) is 39.0 Å². The van der Waals surface area contributed by atoms with Crippen molar-refractivity contribution in [2.24, 2.45) is 0 Å². The summed E-state index contributed by atoms with van der Waals surface area (Å²) in [6.45, 7) is -1.79. The third-order valence-electron chi connectivity index (χ3n) is 7.49. The highest BCUT2D eigenvalue weighted by molar-refractivity contribution is 9.10. The Bertz CT molecular complexity index is 2010. The Balaban J connectivity index is 1.20. The standard InChI is InChI=1S/C20H22Br2N10O14P2/c21-17-25-5-11(27-19(23)29-13(5)35)31(17)15-7(33)9-3(43-15)1-41-47(37,38)46-10-4(2-42-48(39,40)45-9)44-16(8(10)34)32-12-6(26-18(32)22)14(36)30-20(24)28-12/h3-4,7-10,15-16,33-34H,1-2H2,(H,37,38)(H,39,40)(H3,23,27,29,35)(H3,24,28,30,36)/t3-,4-,7+,8?,9?,10+,15-,16-/m1/s1. The summed E-state index contributed by atoms with van der Waals surface area (Å²) < 4.78 is 60.9. The maximum absolute atomic E-state index is 13.2. The van der Waals surface area contributed by atoms with Gasteiger partial charge in [-0.1, -0.05) is 0 Å². The van der Waals surface area contributed by atoms with E-state index in [1.165, 1.54) is 0 Å². The highest BCUT2D eigenvalue weighted by atomic mass is 79.9. The Morgan fingerprint density at radius 3 is 1.48 bits per heavy atom. The molecule has 260 valence electrons. The van der Waals surface area contributed by atoms with Crippen LogP contribution in [-0.4, -0.2) is 109 Å². The van der Waals surface area contributed by atoms with Gasteiger partial charge >= 0.3 is 15.6 Å². The molecular formula is C20H22Br2N10O14P2. The van der Waals surface area contributed by atoms with E-state index in [9.17, 15) is 38.7 Å². The second-order valence-electron chi connectivity index (χ2n) is 10.5. The minimum absolute atomic E-state index is 0.0729. The van der Waals surface area contributed by atoms with Crippen molar-refractivity contribution in [2.45, 2.75) is 49.1 Å². The number of aromatic nitrogens is 8. The lowest BCUT2D eigenvalue weighted by atomic mass is 10.1. The molecule has 3 fully saturated rings. The fourth-order valence-electron chi connectivity index (χ4n) is 5.50. The van der Waals surface area contributed by atoms with Gasteiger partial charge in [0.2, 0.25) is 11.9 Å². The number of phosphoric ester groups is 2. The SMILES string of the molecule is Nc1nc2c(nc(Br)n2[C@@H]2O[C@@H]3COP(=O)(O)OC4[C@@H](COP(=O)(O)O[C@@H]3C2O)O[C@@H](n2c(Br)nc3c(=O)[nH]c(N)nc32)[C@H]4O)c(=O)[nH]1. The van der Waals surface area contributed by atoms with Gasteiger partial charge in [0.1, 0.15) is 36.6 Å². The number of aliphatic hydroxyl groups is 2. The van der Waals surface area contributed by atoms with Crippen LogP contribution in [0.25, 0.3) is 22.3 Å². The molecule has 4 unspecified atom stereocenters. The van der Waals surface area contributed by atoms with Gasteiger partial charge in [0.15, 0.2) is 44.3 Å². The number of hydrogen-bond acceptors (Lipinski definition) is 18. The first-order valence-corrected chi connectivity index (χ1v) is 18.0. The van der Waals surface area contributed by atoms with Crippen LogP contribution < -0.4 is 22.6 Å². The summed E-state index contributed by atoms with van der Waals surface area (Å²) in [6, 6.07) is 0. The van der Waals surface area contributed by atoms with E-state index >= 15 is 0 Å². The number of anilines is 2. The number of ether oxygens (including phenoxy) is 2. The number of H-pyrrole nitrogens is 2. The number of hydrogen-bond donors (Lipinski definition) is 8. The zero-order valence-electron chi connectivity index (χ0n) is 23.4. The molecule has 3 aliphatic heterocycles. The van der Waals surface area contributed by atoms with Gasteiger partial charge in [-0.25, -0.2) is 19.1 Å². The van der Waals surface area contributed by atoms with Crippen LogP contribution in [0.3, 0.4) is 0 Å². The van der Waals surface area contributed by atoms with Gasteiger partial charge in [0, 0.05) is 0 Å². The van der Waals surface area contributed by atoms with E-state index in [1.54, 1.807) is 0 Å². The first-order chi connectivity index (χ1) is 22.5. The van der Waals surface area contributed by atoms with Crippen molar-refractivity contribution in [3.05, 3.63) is 30.2 Å². The summed E-state index contributed by atoms with van der Waals surface area (Å²) in [5.41, 5.74) is 9.17.